The van der Waals surface area contributed by atoms with Crippen LogP contribution in [-0.4, -0.2) is 71.4 Å². The van der Waals surface area contributed by atoms with Gasteiger partial charge in [0.1, 0.15) is 11.5 Å². The maximum absolute atomic E-state index is 15.1. The van der Waals surface area contributed by atoms with Crippen molar-refractivity contribution >= 4 is 11.6 Å². The van der Waals surface area contributed by atoms with Crippen LogP contribution in [0.2, 0.25) is 0 Å². The maximum Gasteiger partial charge on any atom is 0.418 e. The molecule has 11 heteroatoms. The van der Waals surface area contributed by atoms with E-state index in [0.29, 0.717) is 25.3 Å². The summed E-state index contributed by atoms with van der Waals surface area (Å²) < 4.78 is 61.6. The van der Waals surface area contributed by atoms with Gasteiger partial charge in [-0.05, 0) is 42.9 Å². The van der Waals surface area contributed by atoms with Gasteiger partial charge in [0.25, 0.3) is 5.91 Å². The first-order valence-corrected chi connectivity index (χ1v) is 10.7. The Kier molecular flexibility index (Phi) is 6.61. The van der Waals surface area contributed by atoms with Gasteiger partial charge < -0.3 is 24.5 Å². The molecule has 1 aliphatic rings. The van der Waals surface area contributed by atoms with Crippen LogP contribution < -0.4 is 5.32 Å². The highest BCUT2D eigenvalue weighted by molar-refractivity contribution is 5.94. The zero-order valence-corrected chi connectivity index (χ0v) is 18.6. The van der Waals surface area contributed by atoms with Crippen molar-refractivity contribution in [1.29, 1.82) is 0 Å². The fourth-order valence-corrected chi connectivity index (χ4v) is 4.08. The van der Waals surface area contributed by atoms with Gasteiger partial charge in [-0.1, -0.05) is 0 Å². The second-order valence-corrected chi connectivity index (χ2v) is 8.27. The Morgan fingerprint density at radius 1 is 1.32 bits per heavy atom. The zero-order chi connectivity index (χ0) is 24.6. The first-order valence-electron chi connectivity index (χ1n) is 10.7. The second kappa shape index (κ2) is 9.32. The number of halogens is 4. The van der Waals surface area contributed by atoms with Gasteiger partial charge in [-0.15, -0.1) is 0 Å². The number of hydrogen-bond acceptors (Lipinski definition) is 5. The predicted octanol–water partition coefficient (Wildman–Crippen LogP) is 2.97. The van der Waals surface area contributed by atoms with E-state index in [9.17, 15) is 23.1 Å². The number of rotatable bonds is 5. The van der Waals surface area contributed by atoms with Crippen LogP contribution in [0, 0.1) is 5.82 Å². The van der Waals surface area contributed by atoms with Crippen LogP contribution in [-0.2, 0) is 11.2 Å². The lowest BCUT2D eigenvalue weighted by molar-refractivity contribution is -0.206. The lowest BCUT2D eigenvalue weighted by Crippen LogP contribution is -2.41. The number of pyridine rings is 1. The molecular formula is C23H24F4N4O3. The minimum atomic E-state index is -4.83. The molecule has 3 aromatic rings. The molecule has 0 bridgehead atoms. The number of imidazole rings is 1. The number of nitrogens with zero attached hydrogens (tertiary/aromatic N) is 3. The van der Waals surface area contributed by atoms with E-state index < -0.39 is 24.0 Å². The summed E-state index contributed by atoms with van der Waals surface area (Å²) >= 11 is 0. The van der Waals surface area contributed by atoms with Gasteiger partial charge in [-0.2, -0.15) is 13.2 Å². The number of benzene rings is 1. The van der Waals surface area contributed by atoms with E-state index in [2.05, 4.69) is 15.2 Å². The average Bonchev–Trinajstić information content (AvgIpc) is 3.14. The van der Waals surface area contributed by atoms with Gasteiger partial charge in [0.2, 0.25) is 0 Å². The number of alkyl halides is 3. The molecule has 7 nitrogen and oxygen atoms in total. The van der Waals surface area contributed by atoms with Crippen LogP contribution in [0.15, 0.2) is 36.5 Å². The number of likely N-dealkylation sites (N-methyl/N-ethyl adjacent to an activating group) is 1. The standard InChI is InChI=1S/C23H24F4N4O3/c1-28-22(33)14-3-4-16(17(24)9-14)20-18(11-15-12-30(2)7-8-34-15)31-6-5-13(10-19(31)29-20)21(32)23(25,26)27/h3-6,9-10,15,21,32H,7-8,11-12H2,1-2H3,(H,28,33). The Hall–Kier alpha value is -3.02. The first kappa shape index (κ1) is 24.1. The molecule has 1 amide bonds. The van der Waals surface area contributed by atoms with Crippen LogP contribution >= 0.6 is 0 Å². The number of hydrogen-bond donors (Lipinski definition) is 2. The second-order valence-electron chi connectivity index (χ2n) is 8.27. The molecule has 0 spiro atoms. The van der Waals surface area contributed by atoms with Gasteiger partial charge in [0.05, 0.1) is 24.1 Å². The van der Waals surface area contributed by atoms with Crippen molar-refractivity contribution in [1.82, 2.24) is 19.6 Å². The quantitative estimate of drug-likeness (QED) is 0.549. The molecule has 2 unspecified atom stereocenters. The molecule has 1 saturated heterocycles. The largest absolute Gasteiger partial charge is 0.418 e. The topological polar surface area (TPSA) is 79.1 Å². The summed E-state index contributed by atoms with van der Waals surface area (Å²) in [5.41, 5.74) is 0.777. The number of carbonyl (C=O) groups excluding carboxylic acids is 1. The van der Waals surface area contributed by atoms with Gasteiger partial charge in [0, 0.05) is 43.9 Å². The lowest BCUT2D eigenvalue weighted by atomic mass is 10.0. The van der Waals surface area contributed by atoms with Crippen LogP contribution in [0.5, 0.6) is 0 Å². The fraction of sp³-hybridized carbons (Fsp3) is 0.391. The molecule has 1 aliphatic heterocycles. The number of aliphatic hydroxyl groups is 1. The van der Waals surface area contributed by atoms with E-state index >= 15 is 4.39 Å². The predicted molar refractivity (Wildman–Crippen MR) is 116 cm³/mol. The fourth-order valence-electron chi connectivity index (χ4n) is 4.08. The third kappa shape index (κ3) is 4.77. The molecular weight excluding hydrogens is 456 g/mol. The number of amides is 1. The van der Waals surface area contributed by atoms with E-state index in [4.69, 9.17) is 4.74 Å². The molecule has 1 fully saturated rings. The Morgan fingerprint density at radius 2 is 2.09 bits per heavy atom. The highest BCUT2D eigenvalue weighted by Crippen LogP contribution is 2.34. The average molecular weight is 480 g/mol. The Labute approximate surface area is 193 Å². The minimum absolute atomic E-state index is 0.105. The van der Waals surface area contributed by atoms with Crippen molar-refractivity contribution in [3.8, 4) is 11.3 Å². The Balaban J connectivity index is 1.82. The van der Waals surface area contributed by atoms with E-state index in [1.165, 1.54) is 31.4 Å². The number of aliphatic hydroxyl groups excluding tert-OH is 1. The summed E-state index contributed by atoms with van der Waals surface area (Å²) in [5, 5.41) is 12.1. The van der Waals surface area contributed by atoms with Crippen molar-refractivity contribution in [3.63, 3.8) is 0 Å². The number of nitrogens with one attached hydrogen (secondary N) is 1. The molecule has 2 atom stereocenters. The highest BCUT2D eigenvalue weighted by atomic mass is 19.4. The molecule has 4 rings (SSSR count). The van der Waals surface area contributed by atoms with Gasteiger partial charge in [0.15, 0.2) is 6.10 Å². The zero-order valence-electron chi connectivity index (χ0n) is 18.6. The third-order valence-corrected chi connectivity index (χ3v) is 5.85. The Morgan fingerprint density at radius 3 is 2.74 bits per heavy atom. The summed E-state index contributed by atoms with van der Waals surface area (Å²) in [6.07, 6.45) is -6.02. The van der Waals surface area contributed by atoms with E-state index in [1.807, 2.05) is 7.05 Å². The SMILES string of the molecule is CNC(=O)c1ccc(-c2nc3cc(C(O)C(F)(F)F)ccn3c2CC2CN(C)CCO2)c(F)c1. The van der Waals surface area contributed by atoms with Gasteiger partial charge in [-0.25, -0.2) is 9.37 Å². The number of carbonyl (C=O) groups is 1. The van der Waals surface area contributed by atoms with Crippen molar-refractivity contribution < 1.29 is 32.2 Å². The highest BCUT2D eigenvalue weighted by Gasteiger charge is 2.39. The first-order chi connectivity index (χ1) is 16.1. The summed E-state index contributed by atoms with van der Waals surface area (Å²) in [6, 6.07) is 6.26. The maximum atomic E-state index is 15.1. The number of fused-ring (bicyclic) bond motifs is 1. The lowest BCUT2D eigenvalue weighted by Gasteiger charge is -2.30. The monoisotopic (exact) mass is 480 g/mol. The van der Waals surface area contributed by atoms with Gasteiger partial charge >= 0.3 is 6.18 Å². The molecule has 0 aliphatic carbocycles. The summed E-state index contributed by atoms with van der Waals surface area (Å²) in [5.74, 6) is -1.15. The minimum Gasteiger partial charge on any atom is -0.379 e. The molecule has 2 aromatic heterocycles. The Bertz CT molecular complexity index is 1210. The molecule has 3 heterocycles. The molecule has 1 aromatic carbocycles. The third-order valence-electron chi connectivity index (χ3n) is 5.85. The molecule has 0 saturated carbocycles. The summed E-state index contributed by atoms with van der Waals surface area (Å²) in [4.78, 5) is 18.4. The van der Waals surface area contributed by atoms with E-state index in [-0.39, 0.29) is 34.1 Å². The van der Waals surface area contributed by atoms with Gasteiger partial charge in [-0.3, -0.25) is 4.79 Å². The van der Waals surface area contributed by atoms with E-state index in [0.717, 1.165) is 18.7 Å². The van der Waals surface area contributed by atoms with Crippen molar-refractivity contribution in [2.24, 2.45) is 0 Å². The summed E-state index contributed by atoms with van der Waals surface area (Å²) in [6.45, 7) is 1.91. The number of morpholine rings is 1. The number of ether oxygens (including phenoxy) is 1. The summed E-state index contributed by atoms with van der Waals surface area (Å²) in [7, 11) is 3.38. The van der Waals surface area contributed by atoms with Crippen LogP contribution in [0.4, 0.5) is 17.6 Å². The van der Waals surface area contributed by atoms with Crippen molar-refractivity contribution in [2.45, 2.75) is 24.8 Å². The molecule has 34 heavy (non-hydrogen) atoms. The van der Waals surface area contributed by atoms with Crippen molar-refractivity contribution in [2.75, 3.05) is 33.8 Å². The van der Waals surface area contributed by atoms with Crippen molar-refractivity contribution in [3.05, 3.63) is 59.2 Å². The molecule has 182 valence electrons. The van der Waals surface area contributed by atoms with Crippen LogP contribution in [0.25, 0.3) is 16.9 Å². The smallest absolute Gasteiger partial charge is 0.379 e. The molecule has 2 N–H and O–H groups in total. The van der Waals surface area contributed by atoms with E-state index in [1.54, 1.807) is 4.40 Å². The van der Waals surface area contributed by atoms with Crippen LogP contribution in [0.1, 0.15) is 27.7 Å². The molecule has 0 radical (unpaired) electrons. The normalized spacial score (nSPS) is 18.3. The number of aromatic nitrogens is 2. The van der Waals surface area contributed by atoms with Crippen LogP contribution in [0.3, 0.4) is 0 Å².